The van der Waals surface area contributed by atoms with Crippen LogP contribution in [0.5, 0.6) is 5.75 Å². The van der Waals surface area contributed by atoms with Gasteiger partial charge in [-0.2, -0.15) is 0 Å². The predicted octanol–water partition coefficient (Wildman–Crippen LogP) is 1.57. The summed E-state index contributed by atoms with van der Waals surface area (Å²) in [5.41, 5.74) is 0. The van der Waals surface area contributed by atoms with Crippen molar-refractivity contribution in [1.82, 2.24) is 0 Å². The van der Waals surface area contributed by atoms with Gasteiger partial charge in [-0.1, -0.05) is 0 Å². The van der Waals surface area contributed by atoms with Gasteiger partial charge in [0.15, 0.2) is 0 Å². The summed E-state index contributed by atoms with van der Waals surface area (Å²) in [5, 5.41) is 5.01. The van der Waals surface area contributed by atoms with E-state index in [4.69, 9.17) is 9.88 Å². The minimum atomic E-state index is -3.74. The topological polar surface area (TPSA) is 86.5 Å². The number of benzene rings is 1. The van der Waals surface area contributed by atoms with Crippen molar-refractivity contribution < 1.29 is 17.4 Å². The number of sulfonamides is 1. The molecule has 0 saturated carbocycles. The lowest BCUT2D eigenvalue weighted by Gasteiger charge is -2.01. The quantitative estimate of drug-likeness (QED) is 0.927. The SMILES string of the molecule is COc1ccc(S(=O)c2ccc(S(N)(=O)=O)s2)cc1. The first kappa shape index (κ1) is 14.2. The van der Waals surface area contributed by atoms with Crippen LogP contribution in [0.1, 0.15) is 0 Å². The molecule has 1 heterocycles. The van der Waals surface area contributed by atoms with Crippen LogP contribution in [0, 0.1) is 0 Å². The number of hydrogen-bond acceptors (Lipinski definition) is 5. The van der Waals surface area contributed by atoms with E-state index in [1.54, 1.807) is 31.4 Å². The van der Waals surface area contributed by atoms with Gasteiger partial charge in [0.1, 0.15) is 9.96 Å². The van der Waals surface area contributed by atoms with Crippen molar-refractivity contribution >= 4 is 32.2 Å². The highest BCUT2D eigenvalue weighted by molar-refractivity contribution is 7.92. The molecule has 0 aliphatic rings. The standard InChI is InChI=1S/C11H11NO4S3/c1-16-8-2-4-9(5-3-8)18(13)10-6-7-11(17-10)19(12,14)15/h2-7H,1H3,(H2,12,14,15). The minimum absolute atomic E-state index is 0.00404. The molecule has 0 spiro atoms. The van der Waals surface area contributed by atoms with Crippen LogP contribution in [0.25, 0.3) is 0 Å². The molecule has 0 fully saturated rings. The lowest BCUT2D eigenvalue weighted by Crippen LogP contribution is -2.09. The molecular formula is C11H11NO4S3. The first-order chi connectivity index (χ1) is 8.91. The highest BCUT2D eigenvalue weighted by Gasteiger charge is 2.15. The zero-order valence-corrected chi connectivity index (χ0v) is 12.3. The average Bonchev–Trinajstić information content (AvgIpc) is 2.87. The third kappa shape index (κ3) is 3.21. The van der Waals surface area contributed by atoms with E-state index in [2.05, 4.69) is 0 Å². The summed E-state index contributed by atoms with van der Waals surface area (Å²) in [6, 6.07) is 9.60. The van der Waals surface area contributed by atoms with Crippen LogP contribution in [0.3, 0.4) is 0 Å². The Morgan fingerprint density at radius 1 is 1.16 bits per heavy atom. The summed E-state index contributed by atoms with van der Waals surface area (Å²) in [6.45, 7) is 0. The zero-order valence-electron chi connectivity index (χ0n) is 9.90. The molecule has 0 saturated heterocycles. The van der Waals surface area contributed by atoms with Crippen molar-refractivity contribution in [3.63, 3.8) is 0 Å². The molecule has 5 nitrogen and oxygen atoms in total. The molecule has 8 heteroatoms. The molecule has 2 N–H and O–H groups in total. The van der Waals surface area contributed by atoms with Gasteiger partial charge in [0.25, 0.3) is 0 Å². The first-order valence-electron chi connectivity index (χ1n) is 5.10. The van der Waals surface area contributed by atoms with E-state index >= 15 is 0 Å². The van der Waals surface area contributed by atoms with Crippen LogP contribution >= 0.6 is 11.3 Å². The average molecular weight is 317 g/mol. The molecule has 1 aromatic heterocycles. The second-order valence-corrected chi connectivity index (χ2v) is 8.14. The van der Waals surface area contributed by atoms with Crippen molar-refractivity contribution in [2.75, 3.05) is 7.11 Å². The Labute approximate surface area is 117 Å². The van der Waals surface area contributed by atoms with Gasteiger partial charge in [-0.3, -0.25) is 0 Å². The molecular weight excluding hydrogens is 306 g/mol. The van der Waals surface area contributed by atoms with Crippen LogP contribution in [0.2, 0.25) is 0 Å². The molecule has 1 atom stereocenters. The molecule has 2 aromatic rings. The molecule has 1 aromatic carbocycles. The Bertz CT molecular complexity index is 704. The van der Waals surface area contributed by atoms with E-state index in [-0.39, 0.29) is 4.21 Å². The van der Waals surface area contributed by atoms with E-state index in [0.717, 1.165) is 11.3 Å². The van der Waals surface area contributed by atoms with Gasteiger partial charge in [-0.05, 0) is 36.4 Å². The molecule has 19 heavy (non-hydrogen) atoms. The molecule has 0 aliphatic carbocycles. The smallest absolute Gasteiger partial charge is 0.247 e. The lowest BCUT2D eigenvalue weighted by molar-refractivity contribution is 0.414. The van der Waals surface area contributed by atoms with E-state index in [1.165, 1.54) is 12.1 Å². The first-order valence-corrected chi connectivity index (χ1v) is 8.61. The Morgan fingerprint density at radius 3 is 2.26 bits per heavy atom. The maximum Gasteiger partial charge on any atom is 0.247 e. The number of thiophene rings is 1. The predicted molar refractivity (Wildman–Crippen MR) is 73.4 cm³/mol. The van der Waals surface area contributed by atoms with Gasteiger partial charge in [0, 0.05) is 4.90 Å². The van der Waals surface area contributed by atoms with Gasteiger partial charge in [-0.15, -0.1) is 11.3 Å². The van der Waals surface area contributed by atoms with Crippen molar-refractivity contribution in [2.45, 2.75) is 13.3 Å². The summed E-state index contributed by atoms with van der Waals surface area (Å²) in [7, 11) is -3.63. The normalized spacial score (nSPS) is 13.2. The summed E-state index contributed by atoms with van der Waals surface area (Å²) in [4.78, 5) is 0.573. The number of rotatable bonds is 4. The Hall–Kier alpha value is -1.22. The van der Waals surface area contributed by atoms with Crippen LogP contribution in [-0.2, 0) is 20.8 Å². The highest BCUT2D eigenvalue weighted by Crippen LogP contribution is 2.27. The van der Waals surface area contributed by atoms with E-state index < -0.39 is 20.8 Å². The Kier molecular flexibility index (Phi) is 4.04. The molecule has 0 bridgehead atoms. The molecule has 102 valence electrons. The second-order valence-electron chi connectivity index (χ2n) is 3.56. The van der Waals surface area contributed by atoms with Gasteiger partial charge in [-0.25, -0.2) is 17.8 Å². The molecule has 0 amide bonds. The molecule has 0 radical (unpaired) electrons. The Balaban J connectivity index is 2.31. The summed E-state index contributed by atoms with van der Waals surface area (Å²) in [6.07, 6.45) is 0. The third-order valence-electron chi connectivity index (χ3n) is 2.29. The van der Waals surface area contributed by atoms with Gasteiger partial charge in [0.2, 0.25) is 10.0 Å². The monoisotopic (exact) mass is 317 g/mol. The van der Waals surface area contributed by atoms with Gasteiger partial charge < -0.3 is 4.74 Å². The largest absolute Gasteiger partial charge is 0.497 e. The number of primary sulfonamides is 1. The third-order valence-corrected chi connectivity index (χ3v) is 6.52. The van der Waals surface area contributed by atoms with Crippen molar-refractivity contribution in [3.8, 4) is 5.75 Å². The van der Waals surface area contributed by atoms with Gasteiger partial charge in [0.05, 0.1) is 22.1 Å². The maximum atomic E-state index is 12.2. The summed E-state index contributed by atoms with van der Waals surface area (Å²) < 4.78 is 40.0. The molecule has 0 aliphatic heterocycles. The zero-order chi connectivity index (χ0) is 14.0. The van der Waals surface area contributed by atoms with Crippen LogP contribution in [0.4, 0.5) is 0 Å². The minimum Gasteiger partial charge on any atom is -0.497 e. The molecule has 1 unspecified atom stereocenters. The van der Waals surface area contributed by atoms with Crippen molar-refractivity contribution in [1.29, 1.82) is 0 Å². The number of hydrogen-bond donors (Lipinski definition) is 1. The Morgan fingerprint density at radius 2 is 1.79 bits per heavy atom. The lowest BCUT2D eigenvalue weighted by atomic mass is 10.3. The second kappa shape index (κ2) is 5.41. The fraction of sp³-hybridized carbons (Fsp3) is 0.0909. The van der Waals surface area contributed by atoms with Crippen molar-refractivity contribution in [3.05, 3.63) is 36.4 Å². The number of ether oxygens (including phenoxy) is 1. The molecule has 2 rings (SSSR count). The summed E-state index contributed by atoms with van der Waals surface area (Å²) in [5.74, 6) is 0.664. The van der Waals surface area contributed by atoms with Gasteiger partial charge >= 0.3 is 0 Å². The van der Waals surface area contributed by atoms with E-state index in [9.17, 15) is 12.6 Å². The summed E-state index contributed by atoms with van der Waals surface area (Å²) >= 11 is 0.908. The maximum absolute atomic E-state index is 12.2. The van der Waals surface area contributed by atoms with Crippen LogP contribution in [0.15, 0.2) is 49.7 Å². The number of nitrogens with two attached hydrogens (primary N) is 1. The number of methoxy groups -OCH3 is 1. The van der Waals surface area contributed by atoms with E-state index in [1.807, 2.05) is 0 Å². The van der Waals surface area contributed by atoms with Crippen molar-refractivity contribution in [2.24, 2.45) is 5.14 Å². The fourth-order valence-corrected chi connectivity index (χ4v) is 4.66. The highest BCUT2D eigenvalue weighted by atomic mass is 32.3. The van der Waals surface area contributed by atoms with Crippen LogP contribution < -0.4 is 9.88 Å². The fourth-order valence-electron chi connectivity index (χ4n) is 1.37. The van der Waals surface area contributed by atoms with Crippen LogP contribution in [-0.4, -0.2) is 19.7 Å². The van der Waals surface area contributed by atoms with E-state index in [0.29, 0.717) is 14.9 Å².